The topological polar surface area (TPSA) is 81.2 Å². The van der Waals surface area contributed by atoms with Crippen molar-refractivity contribution in [2.75, 3.05) is 13.6 Å². The number of hydrogen-bond donors (Lipinski definition) is 1. The summed E-state index contributed by atoms with van der Waals surface area (Å²) < 4.78 is 28.4. The van der Waals surface area contributed by atoms with Gasteiger partial charge >= 0.3 is 0 Å². The molecule has 1 saturated carbocycles. The summed E-state index contributed by atoms with van der Waals surface area (Å²) in [7, 11) is -1.78. The van der Waals surface area contributed by atoms with E-state index < -0.39 is 10.0 Å². The summed E-state index contributed by atoms with van der Waals surface area (Å²) in [6, 6.07) is 0.0895. The van der Waals surface area contributed by atoms with Gasteiger partial charge < -0.3 is 5.73 Å². The third kappa shape index (κ3) is 3.05. The highest BCUT2D eigenvalue weighted by Gasteiger charge is 2.33. The van der Waals surface area contributed by atoms with E-state index in [4.69, 9.17) is 5.73 Å². The van der Waals surface area contributed by atoms with Gasteiger partial charge in [0, 0.05) is 25.8 Å². The molecule has 1 aliphatic carbocycles. The molecule has 0 spiro atoms. The van der Waals surface area contributed by atoms with Crippen LogP contribution < -0.4 is 5.73 Å². The van der Waals surface area contributed by atoms with Gasteiger partial charge in [-0.3, -0.25) is 4.68 Å². The number of aromatic nitrogens is 2. The van der Waals surface area contributed by atoms with Crippen molar-refractivity contribution < 1.29 is 8.42 Å². The highest BCUT2D eigenvalue weighted by molar-refractivity contribution is 7.89. The summed E-state index contributed by atoms with van der Waals surface area (Å²) in [5.41, 5.74) is 5.45. The Bertz CT molecular complexity index is 540. The second-order valence-corrected chi connectivity index (χ2v) is 7.58. The summed E-state index contributed by atoms with van der Waals surface area (Å²) in [6.07, 6.45) is 7.30. The molecule has 0 radical (unpaired) electrons. The second-order valence-electron chi connectivity index (χ2n) is 5.58. The van der Waals surface area contributed by atoms with E-state index in [2.05, 4.69) is 12.0 Å². The van der Waals surface area contributed by atoms with E-state index in [0.717, 1.165) is 19.3 Å². The Morgan fingerprint density at radius 3 is 2.80 bits per heavy atom. The van der Waals surface area contributed by atoms with Crippen LogP contribution in [0.5, 0.6) is 0 Å². The fourth-order valence-electron chi connectivity index (χ4n) is 2.91. The monoisotopic (exact) mass is 300 g/mol. The zero-order chi connectivity index (χ0) is 14.8. The van der Waals surface area contributed by atoms with Crippen LogP contribution in [0.2, 0.25) is 0 Å². The molecule has 2 N–H and O–H groups in total. The summed E-state index contributed by atoms with van der Waals surface area (Å²) in [6.45, 7) is 3.10. The number of hydrogen-bond acceptors (Lipinski definition) is 4. The highest BCUT2D eigenvalue weighted by atomic mass is 32.2. The predicted octanol–water partition coefficient (Wildman–Crippen LogP) is 1.04. The molecule has 7 heteroatoms. The minimum atomic E-state index is -3.46. The molecule has 20 heavy (non-hydrogen) atoms. The van der Waals surface area contributed by atoms with Crippen LogP contribution in [0.15, 0.2) is 17.3 Å². The molecule has 114 valence electrons. The van der Waals surface area contributed by atoms with Crippen molar-refractivity contribution in [3.8, 4) is 0 Å². The van der Waals surface area contributed by atoms with E-state index in [0.29, 0.717) is 19.0 Å². The highest BCUT2D eigenvalue weighted by Crippen LogP contribution is 2.30. The molecule has 0 aliphatic heterocycles. The third-order valence-corrected chi connectivity index (χ3v) is 6.01. The molecule has 1 fully saturated rings. The number of nitrogens with zero attached hydrogens (tertiary/aromatic N) is 3. The van der Waals surface area contributed by atoms with E-state index in [9.17, 15) is 8.42 Å². The Morgan fingerprint density at radius 1 is 1.45 bits per heavy atom. The molecule has 1 aromatic heterocycles. The molecular weight excluding hydrogens is 276 g/mol. The maximum absolute atomic E-state index is 12.6. The molecule has 1 aromatic rings. The lowest BCUT2D eigenvalue weighted by atomic mass is 9.86. The van der Waals surface area contributed by atoms with Crippen LogP contribution in [0, 0.1) is 5.92 Å². The maximum Gasteiger partial charge on any atom is 0.246 e. The van der Waals surface area contributed by atoms with E-state index in [1.165, 1.54) is 16.9 Å². The fourth-order valence-corrected chi connectivity index (χ4v) is 4.35. The molecule has 2 unspecified atom stereocenters. The van der Waals surface area contributed by atoms with Gasteiger partial charge in [-0.2, -0.15) is 9.40 Å². The Balaban J connectivity index is 2.19. The van der Waals surface area contributed by atoms with E-state index in [1.807, 2.05) is 0 Å². The lowest BCUT2D eigenvalue weighted by Gasteiger charge is -2.35. The molecule has 0 amide bonds. The number of sulfonamides is 1. The normalized spacial score (nSPS) is 24.2. The molecular formula is C13H24N4O2S. The number of rotatable bonds is 5. The van der Waals surface area contributed by atoms with Gasteiger partial charge in [0.1, 0.15) is 4.90 Å². The summed E-state index contributed by atoms with van der Waals surface area (Å²) in [5.74, 6) is 0.405. The van der Waals surface area contributed by atoms with Crippen molar-refractivity contribution in [3.05, 3.63) is 12.4 Å². The van der Waals surface area contributed by atoms with Crippen molar-refractivity contribution in [1.82, 2.24) is 14.1 Å². The summed E-state index contributed by atoms with van der Waals surface area (Å²) in [5, 5.41) is 4.05. The maximum atomic E-state index is 12.6. The van der Waals surface area contributed by atoms with E-state index in [-0.39, 0.29) is 10.9 Å². The molecule has 0 bridgehead atoms. The average molecular weight is 300 g/mol. The molecule has 2 rings (SSSR count). The van der Waals surface area contributed by atoms with Crippen molar-refractivity contribution in [3.63, 3.8) is 0 Å². The van der Waals surface area contributed by atoms with Crippen LogP contribution in [0.3, 0.4) is 0 Å². The van der Waals surface area contributed by atoms with Gasteiger partial charge in [0.05, 0.1) is 12.7 Å². The van der Waals surface area contributed by atoms with Crippen LogP contribution in [-0.4, -0.2) is 42.1 Å². The minimum absolute atomic E-state index is 0.0895. The smallest absolute Gasteiger partial charge is 0.246 e. The SMILES string of the molecule is CC1CCCCC1N(C)S(=O)(=O)c1cnn(CCN)c1. The summed E-state index contributed by atoms with van der Waals surface area (Å²) >= 11 is 0. The first kappa shape index (κ1) is 15.5. The Hall–Kier alpha value is -0.920. The molecule has 2 atom stereocenters. The van der Waals surface area contributed by atoms with Crippen LogP contribution in [0.1, 0.15) is 32.6 Å². The largest absolute Gasteiger partial charge is 0.329 e. The fraction of sp³-hybridized carbons (Fsp3) is 0.769. The van der Waals surface area contributed by atoms with E-state index in [1.54, 1.807) is 17.9 Å². The molecule has 1 aliphatic rings. The Kier molecular flexibility index (Phi) is 4.82. The van der Waals surface area contributed by atoms with Crippen LogP contribution in [-0.2, 0) is 16.6 Å². The summed E-state index contributed by atoms with van der Waals surface area (Å²) in [4.78, 5) is 0.256. The molecule has 0 saturated heterocycles. The van der Waals surface area contributed by atoms with Crippen LogP contribution in [0.4, 0.5) is 0 Å². The van der Waals surface area contributed by atoms with Gasteiger partial charge in [-0.25, -0.2) is 8.42 Å². The zero-order valence-corrected chi connectivity index (χ0v) is 13.0. The van der Waals surface area contributed by atoms with Crippen molar-refractivity contribution >= 4 is 10.0 Å². The van der Waals surface area contributed by atoms with Crippen molar-refractivity contribution in [2.45, 2.75) is 50.1 Å². The predicted molar refractivity (Wildman–Crippen MR) is 77.7 cm³/mol. The second kappa shape index (κ2) is 6.24. The van der Waals surface area contributed by atoms with Gasteiger partial charge in [0.15, 0.2) is 0 Å². The van der Waals surface area contributed by atoms with Crippen molar-refractivity contribution in [1.29, 1.82) is 0 Å². The average Bonchev–Trinajstić information content (AvgIpc) is 2.88. The minimum Gasteiger partial charge on any atom is -0.329 e. The van der Waals surface area contributed by atoms with Crippen LogP contribution in [0.25, 0.3) is 0 Å². The van der Waals surface area contributed by atoms with Gasteiger partial charge in [0.25, 0.3) is 0 Å². The standard InChI is InChI=1S/C13H24N4O2S/c1-11-5-3-4-6-13(11)16(2)20(18,19)12-9-15-17(10-12)8-7-14/h9-11,13H,3-8,14H2,1-2H3. The first-order chi connectivity index (χ1) is 9.46. The van der Waals surface area contributed by atoms with Crippen molar-refractivity contribution in [2.24, 2.45) is 11.7 Å². The first-order valence-electron chi connectivity index (χ1n) is 7.17. The zero-order valence-electron chi connectivity index (χ0n) is 12.2. The quantitative estimate of drug-likeness (QED) is 0.881. The van der Waals surface area contributed by atoms with E-state index >= 15 is 0 Å². The molecule has 6 nitrogen and oxygen atoms in total. The van der Waals surface area contributed by atoms with Gasteiger partial charge in [0.2, 0.25) is 10.0 Å². The first-order valence-corrected chi connectivity index (χ1v) is 8.61. The Labute approximate surface area is 121 Å². The molecule has 1 heterocycles. The number of nitrogens with two attached hydrogens (primary N) is 1. The lowest BCUT2D eigenvalue weighted by molar-refractivity contribution is 0.213. The van der Waals surface area contributed by atoms with Gasteiger partial charge in [-0.15, -0.1) is 0 Å². The lowest BCUT2D eigenvalue weighted by Crippen LogP contribution is -2.42. The van der Waals surface area contributed by atoms with Crippen LogP contribution >= 0.6 is 0 Å². The third-order valence-electron chi connectivity index (χ3n) is 4.18. The molecule has 0 aromatic carbocycles. The van der Waals surface area contributed by atoms with Gasteiger partial charge in [-0.05, 0) is 18.8 Å². The van der Waals surface area contributed by atoms with Gasteiger partial charge in [-0.1, -0.05) is 19.8 Å². The Morgan fingerprint density at radius 2 is 2.15 bits per heavy atom.